The summed E-state index contributed by atoms with van der Waals surface area (Å²) in [7, 11) is 0. The number of halogens is 1. The largest absolute Gasteiger partial charge is 0.272 e. The first-order valence-corrected chi connectivity index (χ1v) is 5.83. The van der Waals surface area contributed by atoms with Crippen LogP contribution in [0.3, 0.4) is 0 Å². The molecule has 1 N–H and O–H groups in total. The predicted octanol–water partition coefficient (Wildman–Crippen LogP) is 3.17. The third-order valence-corrected chi connectivity index (χ3v) is 2.94. The van der Waals surface area contributed by atoms with Gasteiger partial charge in [-0.1, -0.05) is 29.3 Å². The highest BCUT2D eigenvalue weighted by Gasteiger charge is 2.10. The van der Waals surface area contributed by atoms with E-state index >= 15 is 0 Å². The van der Waals surface area contributed by atoms with Gasteiger partial charge in [0, 0.05) is 0 Å². The lowest BCUT2D eigenvalue weighted by Gasteiger charge is -2.02. The van der Waals surface area contributed by atoms with Crippen LogP contribution in [0.15, 0.2) is 41.0 Å². The lowest BCUT2D eigenvalue weighted by molar-refractivity contribution is 0.0955. The number of hydrogen-bond donors (Lipinski definition) is 1. The maximum Gasteiger partial charge on any atom is 0.272 e. The van der Waals surface area contributed by atoms with Gasteiger partial charge in [-0.3, -0.25) is 4.79 Å². The molecule has 17 heavy (non-hydrogen) atoms. The molecular weight excluding hydrogens is 236 g/mol. The average Bonchev–Trinajstić information content (AvgIpc) is 2.73. The van der Waals surface area contributed by atoms with Gasteiger partial charge in [-0.05, 0) is 38.0 Å². The summed E-state index contributed by atoms with van der Waals surface area (Å²) in [5.74, 6) is -0.277. The second-order valence-corrected chi connectivity index (χ2v) is 4.42. The van der Waals surface area contributed by atoms with Gasteiger partial charge in [-0.15, -0.1) is 0 Å². The molecule has 1 aliphatic carbocycles. The summed E-state index contributed by atoms with van der Waals surface area (Å²) in [4.78, 5) is 11.8. The fraction of sp³-hybridized carbons (Fsp3) is 0.231. The molecule has 4 heteroatoms. The zero-order valence-electron chi connectivity index (χ0n) is 9.53. The highest BCUT2D eigenvalue weighted by molar-refractivity contribution is 6.33. The molecule has 0 fully saturated rings. The van der Waals surface area contributed by atoms with Crippen LogP contribution in [0.1, 0.15) is 30.1 Å². The first-order valence-electron chi connectivity index (χ1n) is 5.45. The van der Waals surface area contributed by atoms with Gasteiger partial charge >= 0.3 is 0 Å². The highest BCUT2D eigenvalue weighted by Crippen LogP contribution is 2.16. The van der Waals surface area contributed by atoms with Crippen molar-refractivity contribution in [3.8, 4) is 0 Å². The molecule has 0 atom stereocenters. The minimum absolute atomic E-state index is 0.277. The summed E-state index contributed by atoms with van der Waals surface area (Å²) < 4.78 is 0. The molecule has 0 aliphatic heterocycles. The Morgan fingerprint density at radius 2 is 2.12 bits per heavy atom. The van der Waals surface area contributed by atoms with E-state index in [0.717, 1.165) is 18.6 Å². The zero-order valence-corrected chi connectivity index (χ0v) is 10.3. The molecule has 0 aromatic heterocycles. The van der Waals surface area contributed by atoms with E-state index in [1.807, 2.05) is 6.08 Å². The van der Waals surface area contributed by atoms with Crippen LogP contribution in [0.5, 0.6) is 0 Å². The molecule has 3 nitrogen and oxygen atoms in total. The van der Waals surface area contributed by atoms with Crippen molar-refractivity contribution in [2.45, 2.75) is 19.8 Å². The molecule has 1 aromatic rings. The molecule has 0 bridgehead atoms. The third kappa shape index (κ3) is 2.94. The molecule has 2 rings (SSSR count). The van der Waals surface area contributed by atoms with Crippen LogP contribution >= 0.6 is 11.6 Å². The number of carbonyl (C=O) groups is 1. The van der Waals surface area contributed by atoms with E-state index in [-0.39, 0.29) is 5.91 Å². The Bertz CT molecular complexity index is 506. The van der Waals surface area contributed by atoms with Gasteiger partial charge in [0.25, 0.3) is 5.91 Å². The number of allylic oxidation sites excluding steroid dienone is 2. The van der Waals surface area contributed by atoms with Crippen LogP contribution in [0.4, 0.5) is 0 Å². The SMILES string of the molecule is CC1=CC(=NNC(=O)c2ccccc2Cl)CC1. The van der Waals surface area contributed by atoms with Gasteiger partial charge in [0.1, 0.15) is 0 Å². The Morgan fingerprint density at radius 3 is 2.76 bits per heavy atom. The lowest BCUT2D eigenvalue weighted by Crippen LogP contribution is -2.19. The van der Waals surface area contributed by atoms with Crippen LogP contribution in [-0.4, -0.2) is 11.6 Å². The van der Waals surface area contributed by atoms with E-state index in [4.69, 9.17) is 11.6 Å². The monoisotopic (exact) mass is 248 g/mol. The van der Waals surface area contributed by atoms with Crippen LogP contribution in [-0.2, 0) is 0 Å². The van der Waals surface area contributed by atoms with Crippen molar-refractivity contribution in [3.05, 3.63) is 46.5 Å². The first kappa shape index (κ1) is 11.9. The number of benzene rings is 1. The summed E-state index contributed by atoms with van der Waals surface area (Å²) in [5.41, 5.74) is 5.16. The Balaban J connectivity index is 2.06. The molecule has 0 spiro atoms. The van der Waals surface area contributed by atoms with E-state index < -0.39 is 0 Å². The summed E-state index contributed by atoms with van der Waals surface area (Å²) >= 11 is 5.92. The van der Waals surface area contributed by atoms with Gasteiger partial charge in [-0.25, -0.2) is 5.43 Å². The van der Waals surface area contributed by atoms with Crippen LogP contribution in [0.2, 0.25) is 5.02 Å². The number of carbonyl (C=O) groups excluding carboxylic acids is 1. The van der Waals surface area contributed by atoms with Crippen LogP contribution < -0.4 is 5.43 Å². The van der Waals surface area contributed by atoms with E-state index in [9.17, 15) is 4.79 Å². The molecular formula is C13H13ClN2O. The minimum Gasteiger partial charge on any atom is -0.267 e. The maximum atomic E-state index is 11.8. The topological polar surface area (TPSA) is 41.5 Å². The first-order chi connectivity index (χ1) is 8.16. The number of rotatable bonds is 2. The summed E-state index contributed by atoms with van der Waals surface area (Å²) in [6.45, 7) is 2.05. The summed E-state index contributed by atoms with van der Waals surface area (Å²) in [6, 6.07) is 6.92. The van der Waals surface area contributed by atoms with Gasteiger partial charge in [-0.2, -0.15) is 5.10 Å². The summed E-state index contributed by atoms with van der Waals surface area (Å²) in [5, 5.41) is 4.51. The quantitative estimate of drug-likeness (QED) is 0.803. The van der Waals surface area contributed by atoms with Crippen LogP contribution in [0.25, 0.3) is 0 Å². The van der Waals surface area contributed by atoms with Gasteiger partial charge < -0.3 is 0 Å². The predicted molar refractivity (Wildman–Crippen MR) is 69.3 cm³/mol. The van der Waals surface area contributed by atoms with Crippen molar-refractivity contribution < 1.29 is 4.79 Å². The molecule has 0 unspecified atom stereocenters. The van der Waals surface area contributed by atoms with Crippen LogP contribution in [0, 0.1) is 0 Å². The van der Waals surface area contributed by atoms with E-state index in [1.54, 1.807) is 24.3 Å². The Hall–Kier alpha value is -1.61. The molecule has 0 saturated carbocycles. The number of hydrazone groups is 1. The number of nitrogens with one attached hydrogen (secondary N) is 1. The third-order valence-electron chi connectivity index (χ3n) is 2.61. The van der Waals surface area contributed by atoms with E-state index in [1.165, 1.54) is 5.57 Å². The molecule has 0 heterocycles. The van der Waals surface area contributed by atoms with E-state index in [0.29, 0.717) is 10.6 Å². The maximum absolute atomic E-state index is 11.8. The highest BCUT2D eigenvalue weighted by atomic mass is 35.5. The van der Waals surface area contributed by atoms with Crippen molar-refractivity contribution in [3.63, 3.8) is 0 Å². The van der Waals surface area contributed by atoms with Crippen molar-refractivity contribution >= 4 is 23.2 Å². The molecule has 0 saturated heterocycles. The second-order valence-electron chi connectivity index (χ2n) is 4.01. The standard InChI is InChI=1S/C13H13ClN2O/c1-9-6-7-10(8-9)15-16-13(17)11-4-2-3-5-12(11)14/h2-5,8H,6-7H2,1H3,(H,16,17). The lowest BCUT2D eigenvalue weighted by atomic mass is 10.2. The zero-order chi connectivity index (χ0) is 12.3. The fourth-order valence-corrected chi connectivity index (χ4v) is 1.89. The van der Waals surface area contributed by atoms with Gasteiger partial charge in [0.15, 0.2) is 0 Å². The Kier molecular flexibility index (Phi) is 3.59. The van der Waals surface area contributed by atoms with E-state index in [2.05, 4.69) is 17.5 Å². The molecule has 1 aliphatic rings. The minimum atomic E-state index is -0.277. The molecule has 0 radical (unpaired) electrons. The average molecular weight is 249 g/mol. The number of hydrogen-bond acceptors (Lipinski definition) is 2. The second kappa shape index (κ2) is 5.15. The number of nitrogens with zero attached hydrogens (tertiary/aromatic N) is 1. The smallest absolute Gasteiger partial charge is 0.267 e. The Morgan fingerprint density at radius 1 is 1.35 bits per heavy atom. The molecule has 88 valence electrons. The molecule has 1 amide bonds. The molecule has 1 aromatic carbocycles. The van der Waals surface area contributed by atoms with Crippen molar-refractivity contribution in [2.75, 3.05) is 0 Å². The summed E-state index contributed by atoms with van der Waals surface area (Å²) in [6.07, 6.45) is 3.89. The normalized spacial score (nSPS) is 17.1. The fourth-order valence-electron chi connectivity index (χ4n) is 1.67. The van der Waals surface area contributed by atoms with Crippen molar-refractivity contribution in [1.82, 2.24) is 5.43 Å². The Labute approximate surface area is 105 Å². The van der Waals surface area contributed by atoms with Crippen molar-refractivity contribution in [1.29, 1.82) is 0 Å². The van der Waals surface area contributed by atoms with Crippen molar-refractivity contribution in [2.24, 2.45) is 5.10 Å². The number of amides is 1. The van der Waals surface area contributed by atoms with Gasteiger partial charge in [0.05, 0.1) is 16.3 Å². The van der Waals surface area contributed by atoms with Gasteiger partial charge in [0.2, 0.25) is 0 Å².